The van der Waals surface area contributed by atoms with E-state index in [1.54, 1.807) is 6.20 Å². The van der Waals surface area contributed by atoms with E-state index >= 15 is 0 Å². The molecule has 5 heteroatoms. The maximum atomic E-state index is 5.03. The highest BCUT2D eigenvalue weighted by molar-refractivity contribution is 5.73. The summed E-state index contributed by atoms with van der Waals surface area (Å²) in [5.74, 6) is 0.871. The fourth-order valence-corrected chi connectivity index (χ4v) is 2.01. The lowest BCUT2D eigenvalue weighted by Gasteiger charge is -2.23. The van der Waals surface area contributed by atoms with Gasteiger partial charge in [0.05, 0.1) is 11.6 Å². The molecule has 3 heterocycles. The van der Waals surface area contributed by atoms with Crippen LogP contribution >= 0.6 is 0 Å². The predicted molar refractivity (Wildman–Crippen MR) is 61.3 cm³/mol. The smallest absolute Gasteiger partial charge is 0.259 e. The summed E-state index contributed by atoms with van der Waals surface area (Å²) in [6.07, 6.45) is 3.95. The summed E-state index contributed by atoms with van der Waals surface area (Å²) in [5.41, 5.74) is 0.596. The van der Waals surface area contributed by atoms with Crippen molar-refractivity contribution < 1.29 is 4.52 Å². The zero-order valence-corrected chi connectivity index (χ0v) is 8.94. The van der Waals surface area contributed by atoms with E-state index in [1.807, 2.05) is 12.1 Å². The summed E-state index contributed by atoms with van der Waals surface area (Å²) < 4.78 is 5.03. The molecule has 0 aliphatic carbocycles. The summed E-state index contributed by atoms with van der Waals surface area (Å²) >= 11 is 0. The molecular formula is C11H14N4O. The van der Waals surface area contributed by atoms with E-state index in [2.05, 4.69) is 20.8 Å². The zero-order valence-electron chi connectivity index (χ0n) is 8.94. The zero-order chi connectivity index (χ0) is 10.8. The molecule has 0 spiro atoms. The largest absolute Gasteiger partial charge is 0.367 e. The summed E-state index contributed by atoms with van der Waals surface area (Å²) in [7, 11) is 0. The van der Waals surface area contributed by atoms with Gasteiger partial charge in [-0.15, -0.1) is 0 Å². The van der Waals surface area contributed by atoms with Gasteiger partial charge in [0, 0.05) is 6.04 Å². The van der Waals surface area contributed by atoms with E-state index in [0.717, 1.165) is 37.1 Å². The van der Waals surface area contributed by atoms with Crippen LogP contribution in [0.2, 0.25) is 0 Å². The summed E-state index contributed by atoms with van der Waals surface area (Å²) in [6, 6.07) is 4.46. The third-order valence-electron chi connectivity index (χ3n) is 2.91. The third-order valence-corrected chi connectivity index (χ3v) is 2.91. The first-order chi connectivity index (χ1) is 7.92. The first kappa shape index (κ1) is 9.59. The average molecular weight is 218 g/mol. The maximum absolute atomic E-state index is 5.03. The minimum absolute atomic E-state index is 0.508. The van der Waals surface area contributed by atoms with Gasteiger partial charge in [0.2, 0.25) is 0 Å². The van der Waals surface area contributed by atoms with Gasteiger partial charge in [-0.1, -0.05) is 5.16 Å². The first-order valence-electron chi connectivity index (χ1n) is 5.60. The lowest BCUT2D eigenvalue weighted by atomic mass is 10.1. The quantitative estimate of drug-likeness (QED) is 0.797. The minimum atomic E-state index is 0.508. The lowest BCUT2D eigenvalue weighted by Crippen LogP contribution is -2.35. The van der Waals surface area contributed by atoms with Gasteiger partial charge in [-0.05, 0) is 38.1 Å². The van der Waals surface area contributed by atoms with Crippen molar-refractivity contribution in [3.63, 3.8) is 0 Å². The monoisotopic (exact) mass is 218 g/mol. The van der Waals surface area contributed by atoms with Gasteiger partial charge < -0.3 is 15.2 Å². The molecule has 5 nitrogen and oxygen atoms in total. The van der Waals surface area contributed by atoms with E-state index in [1.165, 1.54) is 0 Å². The molecule has 0 saturated carbocycles. The molecule has 16 heavy (non-hydrogen) atoms. The van der Waals surface area contributed by atoms with Gasteiger partial charge in [0.1, 0.15) is 5.82 Å². The molecule has 2 aromatic rings. The molecule has 84 valence electrons. The molecule has 0 unspecified atom stereocenters. The predicted octanol–water partition coefficient (Wildman–Crippen LogP) is 1.39. The van der Waals surface area contributed by atoms with E-state index in [0.29, 0.717) is 11.8 Å². The molecular weight excluding hydrogens is 204 g/mol. The number of piperidine rings is 1. The lowest BCUT2D eigenvalue weighted by molar-refractivity contribution is 0.448. The van der Waals surface area contributed by atoms with Gasteiger partial charge in [0.15, 0.2) is 0 Å². The SMILES string of the molecule is c1cc2cnoc2nc1NC1CCNCC1. The number of nitrogens with zero attached hydrogens (tertiary/aromatic N) is 2. The molecule has 1 fully saturated rings. The maximum Gasteiger partial charge on any atom is 0.259 e. The Morgan fingerprint density at radius 1 is 1.31 bits per heavy atom. The second-order valence-corrected chi connectivity index (χ2v) is 4.09. The molecule has 1 aliphatic rings. The second kappa shape index (κ2) is 4.09. The Balaban J connectivity index is 1.77. The third kappa shape index (κ3) is 1.86. The van der Waals surface area contributed by atoms with Crippen LogP contribution in [-0.4, -0.2) is 29.3 Å². The Bertz CT molecular complexity index is 476. The number of fused-ring (bicyclic) bond motifs is 1. The van der Waals surface area contributed by atoms with Crippen LogP contribution in [0.4, 0.5) is 5.82 Å². The highest BCUT2D eigenvalue weighted by Crippen LogP contribution is 2.16. The van der Waals surface area contributed by atoms with E-state index in [4.69, 9.17) is 4.52 Å². The highest BCUT2D eigenvalue weighted by Gasteiger charge is 2.13. The summed E-state index contributed by atoms with van der Waals surface area (Å²) in [6.45, 7) is 2.14. The number of nitrogens with one attached hydrogen (secondary N) is 2. The molecule has 0 radical (unpaired) electrons. The molecule has 1 saturated heterocycles. The van der Waals surface area contributed by atoms with Gasteiger partial charge in [-0.3, -0.25) is 0 Å². The standard InChI is InChI=1S/C11H14N4O/c1-2-10(14-9-3-5-12-6-4-9)15-11-8(1)7-13-16-11/h1-2,7,9,12H,3-6H2,(H,14,15). The second-order valence-electron chi connectivity index (χ2n) is 4.09. The van der Waals surface area contributed by atoms with Crippen molar-refractivity contribution in [1.29, 1.82) is 0 Å². The fraction of sp³-hybridized carbons (Fsp3) is 0.455. The van der Waals surface area contributed by atoms with Crippen LogP contribution in [0.25, 0.3) is 11.1 Å². The van der Waals surface area contributed by atoms with Crippen LogP contribution in [0.15, 0.2) is 22.9 Å². The van der Waals surface area contributed by atoms with Crippen LogP contribution < -0.4 is 10.6 Å². The van der Waals surface area contributed by atoms with Gasteiger partial charge in [0.25, 0.3) is 5.71 Å². The number of rotatable bonds is 2. The normalized spacial score (nSPS) is 17.8. The Kier molecular flexibility index (Phi) is 2.46. The summed E-state index contributed by atoms with van der Waals surface area (Å²) in [4.78, 5) is 4.37. The van der Waals surface area contributed by atoms with Crippen LogP contribution in [0.3, 0.4) is 0 Å². The average Bonchev–Trinajstić information content (AvgIpc) is 2.77. The van der Waals surface area contributed by atoms with Crippen LogP contribution in [0, 0.1) is 0 Å². The number of anilines is 1. The number of aromatic nitrogens is 2. The Morgan fingerprint density at radius 3 is 3.06 bits per heavy atom. The van der Waals surface area contributed by atoms with Gasteiger partial charge in [-0.2, -0.15) is 4.98 Å². The minimum Gasteiger partial charge on any atom is -0.367 e. The number of hydrogen-bond acceptors (Lipinski definition) is 5. The van der Waals surface area contributed by atoms with E-state index in [9.17, 15) is 0 Å². The van der Waals surface area contributed by atoms with Crippen molar-refractivity contribution >= 4 is 16.9 Å². The molecule has 1 aliphatic heterocycles. The van der Waals surface area contributed by atoms with Crippen molar-refractivity contribution in [2.24, 2.45) is 0 Å². The first-order valence-corrected chi connectivity index (χ1v) is 5.60. The molecule has 2 N–H and O–H groups in total. The van der Waals surface area contributed by atoms with Crippen molar-refractivity contribution in [3.05, 3.63) is 18.3 Å². The molecule has 2 aromatic heterocycles. The molecule has 0 amide bonds. The molecule has 3 rings (SSSR count). The Hall–Kier alpha value is -1.62. The van der Waals surface area contributed by atoms with Crippen molar-refractivity contribution in [2.75, 3.05) is 18.4 Å². The molecule has 0 bridgehead atoms. The van der Waals surface area contributed by atoms with Crippen molar-refractivity contribution in [1.82, 2.24) is 15.5 Å². The summed E-state index contributed by atoms with van der Waals surface area (Å²) in [5, 5.41) is 11.4. The van der Waals surface area contributed by atoms with Crippen molar-refractivity contribution in [3.8, 4) is 0 Å². The molecule has 0 atom stereocenters. The van der Waals surface area contributed by atoms with E-state index in [-0.39, 0.29) is 0 Å². The topological polar surface area (TPSA) is 63.0 Å². The fourth-order valence-electron chi connectivity index (χ4n) is 2.01. The van der Waals surface area contributed by atoms with Gasteiger partial charge in [-0.25, -0.2) is 0 Å². The Morgan fingerprint density at radius 2 is 2.19 bits per heavy atom. The molecule has 0 aromatic carbocycles. The number of hydrogen-bond donors (Lipinski definition) is 2. The number of pyridine rings is 1. The van der Waals surface area contributed by atoms with E-state index < -0.39 is 0 Å². The van der Waals surface area contributed by atoms with Crippen molar-refractivity contribution in [2.45, 2.75) is 18.9 Å². The van der Waals surface area contributed by atoms with Crippen LogP contribution in [-0.2, 0) is 0 Å². The Labute approximate surface area is 93.2 Å². The van der Waals surface area contributed by atoms with Gasteiger partial charge >= 0.3 is 0 Å². The van der Waals surface area contributed by atoms with Crippen LogP contribution in [0.1, 0.15) is 12.8 Å². The highest BCUT2D eigenvalue weighted by atomic mass is 16.5. The van der Waals surface area contributed by atoms with Crippen LogP contribution in [0.5, 0.6) is 0 Å².